The summed E-state index contributed by atoms with van der Waals surface area (Å²) in [5, 5.41) is 10.4. The number of fused-ring (bicyclic) bond motifs is 1. The largest absolute Gasteiger partial charge is 0.490 e. The van der Waals surface area contributed by atoms with E-state index in [-0.39, 0.29) is 0 Å². The highest BCUT2D eigenvalue weighted by Gasteiger charge is 2.44. The molecule has 1 aromatic carbocycles. The normalized spacial score (nSPS) is 17.4. The second-order valence-corrected chi connectivity index (χ2v) is 8.31. The number of carboxylic acids is 1. The highest BCUT2D eigenvalue weighted by atomic mass is 19.4. The molecule has 34 heavy (non-hydrogen) atoms. The molecule has 9 nitrogen and oxygen atoms in total. The number of halogens is 3. The third kappa shape index (κ3) is 4.75. The van der Waals surface area contributed by atoms with Gasteiger partial charge in [0, 0.05) is 30.7 Å². The van der Waals surface area contributed by atoms with Gasteiger partial charge in [0.15, 0.2) is 0 Å². The number of aliphatic carboxylic acids is 1. The third-order valence-electron chi connectivity index (χ3n) is 5.55. The number of imidazole rings is 1. The first-order chi connectivity index (χ1) is 15.9. The molecule has 12 heteroatoms. The Balaban J connectivity index is 0.000000344. The van der Waals surface area contributed by atoms with Crippen molar-refractivity contribution in [1.29, 1.82) is 0 Å². The van der Waals surface area contributed by atoms with E-state index >= 15 is 0 Å². The van der Waals surface area contributed by atoms with Crippen molar-refractivity contribution in [2.24, 2.45) is 0 Å². The molecule has 1 aliphatic carbocycles. The van der Waals surface area contributed by atoms with Crippen molar-refractivity contribution >= 4 is 17.0 Å². The van der Waals surface area contributed by atoms with Gasteiger partial charge in [0.05, 0.1) is 29.7 Å². The van der Waals surface area contributed by atoms with Crippen molar-refractivity contribution < 1.29 is 32.7 Å². The molecule has 1 fully saturated rings. The lowest BCUT2D eigenvalue weighted by atomic mass is 10.2. The Labute approximate surface area is 192 Å². The number of aromatic nitrogens is 7. The smallest absolute Gasteiger partial charge is 0.475 e. The molecule has 3 heterocycles. The van der Waals surface area contributed by atoms with E-state index in [4.69, 9.17) is 19.9 Å². The zero-order valence-corrected chi connectivity index (χ0v) is 18.9. The van der Waals surface area contributed by atoms with E-state index in [0.717, 1.165) is 52.3 Å². The third-order valence-corrected chi connectivity index (χ3v) is 5.55. The van der Waals surface area contributed by atoms with Crippen molar-refractivity contribution in [2.75, 3.05) is 0 Å². The number of aromatic amines is 3. The summed E-state index contributed by atoms with van der Waals surface area (Å²) in [5.74, 6) is 2.76. The van der Waals surface area contributed by atoms with Crippen LogP contribution in [0.15, 0.2) is 24.3 Å². The molecule has 2 atom stereocenters. The standard InChI is InChI=1S/C20H21N7.C2HF3O2/c1-10-6-5-7-16-19(10)25-20(24-16)15-8-14(15)17-9-18(23-11(2)22-17)27-13(4)21-12(3)26-27;3-2(4,5)1(6)7/h5-7,9,14-15H,8H2,1-4H3,(H,24,25);(H,6,7)/p+2. The fourth-order valence-electron chi connectivity index (χ4n) is 3.92. The van der Waals surface area contributed by atoms with Crippen LogP contribution in [0.25, 0.3) is 16.9 Å². The monoisotopic (exact) mass is 475 g/mol. The summed E-state index contributed by atoms with van der Waals surface area (Å²) < 4.78 is 33.7. The lowest BCUT2D eigenvalue weighted by molar-refractivity contribution is -0.726. The van der Waals surface area contributed by atoms with Crippen LogP contribution < -0.4 is 9.67 Å². The van der Waals surface area contributed by atoms with Gasteiger partial charge in [0.2, 0.25) is 5.82 Å². The molecule has 178 valence electrons. The van der Waals surface area contributed by atoms with Crippen LogP contribution in [0.4, 0.5) is 13.2 Å². The van der Waals surface area contributed by atoms with E-state index in [2.05, 4.69) is 51.2 Å². The molecule has 4 N–H and O–H groups in total. The summed E-state index contributed by atoms with van der Waals surface area (Å²) in [6.45, 7) is 8.05. The number of H-pyrrole nitrogens is 3. The van der Waals surface area contributed by atoms with E-state index in [1.165, 1.54) is 5.56 Å². The average Bonchev–Trinajstić information content (AvgIpc) is 3.30. The zero-order valence-electron chi connectivity index (χ0n) is 18.9. The Bertz CT molecular complexity index is 1380. The number of nitrogens with one attached hydrogen (secondary N) is 3. The maximum atomic E-state index is 10.6. The minimum absolute atomic E-state index is 0.392. The fourth-order valence-corrected chi connectivity index (χ4v) is 3.92. The van der Waals surface area contributed by atoms with Crippen molar-refractivity contribution in [1.82, 2.24) is 25.0 Å². The van der Waals surface area contributed by atoms with Gasteiger partial charge in [-0.15, -0.1) is 0 Å². The molecule has 1 saturated carbocycles. The topological polar surface area (TPSA) is 126 Å². The maximum absolute atomic E-state index is 10.6. The number of alkyl halides is 3. The van der Waals surface area contributed by atoms with Gasteiger partial charge in [-0.05, 0) is 29.7 Å². The highest BCUT2D eigenvalue weighted by Crippen LogP contribution is 2.53. The maximum Gasteiger partial charge on any atom is 0.490 e. The molecular formula is C22H24F3N7O2+2. The molecule has 0 aliphatic heterocycles. The molecule has 0 bridgehead atoms. The van der Waals surface area contributed by atoms with Crippen molar-refractivity contribution in [3.05, 3.63) is 58.8 Å². The number of carboxylic acid groups (broad SMARTS) is 1. The van der Waals surface area contributed by atoms with E-state index in [0.29, 0.717) is 11.8 Å². The second-order valence-electron chi connectivity index (χ2n) is 8.31. The van der Waals surface area contributed by atoms with Crippen LogP contribution in [0.5, 0.6) is 0 Å². The number of hydrogen-bond acceptors (Lipinski definition) is 4. The van der Waals surface area contributed by atoms with E-state index in [9.17, 15) is 13.2 Å². The number of nitrogens with zero attached hydrogens (tertiary/aromatic N) is 4. The van der Waals surface area contributed by atoms with Crippen molar-refractivity contribution in [3.8, 4) is 5.82 Å². The van der Waals surface area contributed by atoms with Crippen molar-refractivity contribution in [2.45, 2.75) is 52.1 Å². The molecule has 0 radical (unpaired) electrons. The first kappa shape index (κ1) is 23.3. The molecule has 2 unspecified atom stereocenters. The summed E-state index contributed by atoms with van der Waals surface area (Å²) in [4.78, 5) is 29.8. The van der Waals surface area contributed by atoms with E-state index < -0.39 is 12.1 Å². The summed E-state index contributed by atoms with van der Waals surface area (Å²) in [5.41, 5.74) is 4.49. The van der Waals surface area contributed by atoms with Gasteiger partial charge >= 0.3 is 23.8 Å². The number of aryl methyl sites for hydroxylation is 4. The molecule has 1 aliphatic rings. The van der Waals surface area contributed by atoms with E-state index in [1.54, 1.807) is 0 Å². The predicted molar refractivity (Wildman–Crippen MR) is 113 cm³/mol. The van der Waals surface area contributed by atoms with Crippen LogP contribution in [0.2, 0.25) is 0 Å². The Morgan fingerprint density at radius 2 is 1.85 bits per heavy atom. The SMILES string of the molecule is Cc1nc(C)[n+](-c2cc(C3CC3c3nc4c(C)cccc4[nH]3)nc(C)[nH+]2)[nH]1.O=C(O)C(F)(F)F. The summed E-state index contributed by atoms with van der Waals surface area (Å²) in [6.07, 6.45) is -4.01. The number of rotatable bonds is 3. The van der Waals surface area contributed by atoms with Crippen LogP contribution >= 0.6 is 0 Å². The minimum Gasteiger partial charge on any atom is -0.475 e. The lowest BCUT2D eigenvalue weighted by Crippen LogP contribution is -2.43. The Morgan fingerprint density at radius 3 is 2.44 bits per heavy atom. The minimum atomic E-state index is -5.08. The fraction of sp³-hybridized carbons (Fsp3) is 0.364. The van der Waals surface area contributed by atoms with Gasteiger partial charge in [-0.3, -0.25) is 0 Å². The summed E-state index contributed by atoms with van der Waals surface area (Å²) >= 11 is 0. The Kier molecular flexibility index (Phi) is 5.84. The van der Waals surface area contributed by atoms with Crippen LogP contribution in [0.3, 0.4) is 0 Å². The van der Waals surface area contributed by atoms with Crippen LogP contribution in [-0.2, 0) is 4.79 Å². The van der Waals surface area contributed by atoms with Gasteiger partial charge in [-0.1, -0.05) is 12.1 Å². The molecule has 3 aromatic heterocycles. The molecule has 0 spiro atoms. The van der Waals surface area contributed by atoms with Crippen molar-refractivity contribution in [3.63, 3.8) is 0 Å². The van der Waals surface area contributed by atoms with Crippen LogP contribution in [0, 0.1) is 27.7 Å². The number of hydrogen-bond donors (Lipinski definition) is 3. The van der Waals surface area contributed by atoms with Crippen LogP contribution in [-0.4, -0.2) is 42.3 Å². The van der Waals surface area contributed by atoms with Gasteiger partial charge in [-0.25, -0.2) is 14.8 Å². The molecular weight excluding hydrogens is 451 g/mol. The zero-order chi connectivity index (χ0) is 24.8. The highest BCUT2D eigenvalue weighted by molar-refractivity contribution is 5.78. The van der Waals surface area contributed by atoms with Gasteiger partial charge in [-0.2, -0.15) is 23.3 Å². The molecule has 4 aromatic rings. The average molecular weight is 475 g/mol. The lowest BCUT2D eigenvalue weighted by Gasteiger charge is -1.99. The quantitative estimate of drug-likeness (QED) is 0.393. The second kappa shape index (κ2) is 8.50. The Morgan fingerprint density at radius 1 is 1.15 bits per heavy atom. The molecule has 0 amide bonds. The van der Waals surface area contributed by atoms with Gasteiger partial charge in [0.25, 0.3) is 5.82 Å². The summed E-state index contributed by atoms with van der Waals surface area (Å²) in [6, 6.07) is 8.39. The number of para-hydroxylation sites is 1. The predicted octanol–water partition coefficient (Wildman–Crippen LogP) is 2.91. The first-order valence-corrected chi connectivity index (χ1v) is 10.6. The van der Waals surface area contributed by atoms with Gasteiger partial charge < -0.3 is 10.1 Å². The number of benzene rings is 1. The Hall–Kier alpha value is -3.83. The molecule has 5 rings (SSSR count). The number of carbonyl (C=O) groups is 1. The van der Waals surface area contributed by atoms with E-state index in [1.807, 2.05) is 25.5 Å². The van der Waals surface area contributed by atoms with Crippen LogP contribution in [0.1, 0.15) is 52.8 Å². The summed E-state index contributed by atoms with van der Waals surface area (Å²) in [7, 11) is 0. The molecule has 0 saturated heterocycles. The van der Waals surface area contributed by atoms with Gasteiger partial charge in [0.1, 0.15) is 5.82 Å². The first-order valence-electron chi connectivity index (χ1n) is 10.6.